The molecule has 0 aliphatic heterocycles. The number of hydrogen-bond donors (Lipinski definition) is 2. The Morgan fingerprint density at radius 2 is 2.10 bits per heavy atom. The fourth-order valence-electron chi connectivity index (χ4n) is 1.62. The number of aliphatic hydroxyl groups is 1. The summed E-state index contributed by atoms with van der Waals surface area (Å²) in [6, 6.07) is 1.47. The molecule has 1 aromatic rings. The van der Waals surface area contributed by atoms with Gasteiger partial charge < -0.3 is 15.3 Å². The number of pyridine rings is 1. The molecule has 118 valence electrons. The zero-order valence-corrected chi connectivity index (χ0v) is 11.7. The lowest BCUT2D eigenvalue weighted by Gasteiger charge is -2.22. The summed E-state index contributed by atoms with van der Waals surface area (Å²) in [5.74, 6) is 0. The molecule has 0 atom stereocenters. The number of anilines is 1. The number of hydrogen-bond acceptors (Lipinski definition) is 3. The van der Waals surface area contributed by atoms with Gasteiger partial charge >= 0.3 is 12.2 Å². The second kappa shape index (κ2) is 7.82. The van der Waals surface area contributed by atoms with Gasteiger partial charge in [-0.3, -0.25) is 0 Å². The predicted octanol–water partition coefficient (Wildman–Crippen LogP) is 2.73. The van der Waals surface area contributed by atoms with E-state index in [1.807, 2.05) is 6.92 Å². The van der Waals surface area contributed by atoms with Crippen molar-refractivity contribution in [3.05, 3.63) is 24.0 Å². The first-order chi connectivity index (χ1) is 9.88. The first-order valence-electron chi connectivity index (χ1n) is 6.58. The third-order valence-corrected chi connectivity index (χ3v) is 2.74. The van der Waals surface area contributed by atoms with Crippen molar-refractivity contribution in [3.8, 4) is 0 Å². The molecule has 1 rings (SSSR count). The number of carbonyl (C=O) groups excluding carboxylic acids is 1. The summed E-state index contributed by atoms with van der Waals surface area (Å²) in [4.78, 5) is 16.6. The van der Waals surface area contributed by atoms with Crippen LogP contribution < -0.4 is 5.32 Å². The largest absolute Gasteiger partial charge is 0.433 e. The summed E-state index contributed by atoms with van der Waals surface area (Å²) >= 11 is 0. The van der Waals surface area contributed by atoms with Gasteiger partial charge in [-0.1, -0.05) is 13.3 Å². The Hall–Kier alpha value is -1.83. The number of nitrogens with one attached hydrogen (secondary N) is 1. The van der Waals surface area contributed by atoms with Crippen LogP contribution in [0.25, 0.3) is 0 Å². The molecule has 0 aliphatic rings. The first-order valence-corrected chi connectivity index (χ1v) is 6.58. The van der Waals surface area contributed by atoms with Crippen LogP contribution in [-0.4, -0.2) is 40.7 Å². The molecule has 0 bridgehead atoms. The van der Waals surface area contributed by atoms with E-state index in [2.05, 4.69) is 10.3 Å². The molecule has 5 nitrogen and oxygen atoms in total. The Bertz CT molecular complexity index is 449. The van der Waals surface area contributed by atoms with Crippen molar-refractivity contribution in [2.75, 3.05) is 25.0 Å². The molecule has 0 unspecified atom stereocenters. The van der Waals surface area contributed by atoms with Crippen molar-refractivity contribution in [3.63, 3.8) is 0 Å². The van der Waals surface area contributed by atoms with Crippen LogP contribution in [0.2, 0.25) is 0 Å². The van der Waals surface area contributed by atoms with Crippen molar-refractivity contribution in [1.82, 2.24) is 9.88 Å². The maximum atomic E-state index is 12.4. The third-order valence-electron chi connectivity index (χ3n) is 2.74. The number of carbonyl (C=O) groups is 1. The highest BCUT2D eigenvalue weighted by Crippen LogP contribution is 2.27. The molecule has 0 radical (unpaired) electrons. The number of unbranched alkanes of at least 4 members (excludes halogenated alkanes) is 1. The van der Waals surface area contributed by atoms with Gasteiger partial charge in [-0.05, 0) is 18.6 Å². The molecular formula is C13H18F3N3O2. The molecule has 2 N–H and O–H groups in total. The molecule has 21 heavy (non-hydrogen) atoms. The zero-order valence-electron chi connectivity index (χ0n) is 11.7. The Morgan fingerprint density at radius 3 is 2.57 bits per heavy atom. The van der Waals surface area contributed by atoms with Crippen molar-refractivity contribution in [2.24, 2.45) is 0 Å². The molecular weight excluding hydrogens is 287 g/mol. The van der Waals surface area contributed by atoms with Gasteiger partial charge in [-0.15, -0.1) is 0 Å². The fraction of sp³-hybridized carbons (Fsp3) is 0.538. The Labute approximate surface area is 120 Å². The van der Waals surface area contributed by atoms with E-state index in [1.165, 1.54) is 4.90 Å². The van der Waals surface area contributed by atoms with Gasteiger partial charge in [-0.25, -0.2) is 9.78 Å². The van der Waals surface area contributed by atoms with Crippen molar-refractivity contribution >= 4 is 11.7 Å². The molecule has 1 aromatic heterocycles. The van der Waals surface area contributed by atoms with E-state index >= 15 is 0 Å². The predicted molar refractivity (Wildman–Crippen MR) is 71.8 cm³/mol. The smallest absolute Gasteiger partial charge is 0.395 e. The number of aliphatic hydroxyl groups excluding tert-OH is 1. The minimum Gasteiger partial charge on any atom is -0.395 e. The van der Waals surface area contributed by atoms with Gasteiger partial charge in [0.05, 0.1) is 18.5 Å². The van der Waals surface area contributed by atoms with Gasteiger partial charge in [0.15, 0.2) is 0 Å². The highest BCUT2D eigenvalue weighted by Gasteiger charge is 2.32. The van der Waals surface area contributed by atoms with Crippen molar-refractivity contribution in [2.45, 2.75) is 25.9 Å². The van der Waals surface area contributed by atoms with Gasteiger partial charge in [0.2, 0.25) is 0 Å². The maximum Gasteiger partial charge on any atom is 0.433 e. The molecule has 2 amide bonds. The standard InChI is InChI=1S/C13H18F3N3O2/c1-2-3-6-19(7-8-20)12(21)18-10-4-5-11(17-9-10)13(14,15)16/h4-5,9,20H,2-3,6-8H2,1H3,(H,18,21). The van der Waals surface area contributed by atoms with Crippen LogP contribution in [-0.2, 0) is 6.18 Å². The first kappa shape index (κ1) is 17.2. The summed E-state index contributed by atoms with van der Waals surface area (Å²) in [6.07, 6.45) is -1.89. The van der Waals surface area contributed by atoms with E-state index in [0.717, 1.165) is 31.2 Å². The van der Waals surface area contributed by atoms with Crippen LogP contribution in [0.5, 0.6) is 0 Å². The number of rotatable bonds is 6. The molecule has 0 saturated carbocycles. The van der Waals surface area contributed by atoms with E-state index in [4.69, 9.17) is 5.11 Å². The highest BCUT2D eigenvalue weighted by molar-refractivity contribution is 5.89. The van der Waals surface area contributed by atoms with Crippen LogP contribution >= 0.6 is 0 Å². The second-order valence-corrected chi connectivity index (χ2v) is 4.42. The average molecular weight is 305 g/mol. The topological polar surface area (TPSA) is 65.5 Å². The average Bonchev–Trinajstić information content (AvgIpc) is 2.43. The highest BCUT2D eigenvalue weighted by atomic mass is 19.4. The third kappa shape index (κ3) is 5.58. The Morgan fingerprint density at radius 1 is 1.38 bits per heavy atom. The summed E-state index contributed by atoms with van der Waals surface area (Å²) in [5.41, 5.74) is -0.842. The van der Waals surface area contributed by atoms with Gasteiger partial charge in [0, 0.05) is 13.1 Å². The lowest BCUT2D eigenvalue weighted by molar-refractivity contribution is -0.141. The molecule has 0 aromatic carbocycles. The molecule has 1 heterocycles. The number of urea groups is 1. The van der Waals surface area contributed by atoms with Crippen molar-refractivity contribution < 1.29 is 23.1 Å². The number of nitrogens with zero attached hydrogens (tertiary/aromatic N) is 2. The number of alkyl halides is 3. The SMILES string of the molecule is CCCCN(CCO)C(=O)Nc1ccc(C(F)(F)F)nc1. The number of halogens is 3. The summed E-state index contributed by atoms with van der Waals surface area (Å²) in [5, 5.41) is 11.4. The Kier molecular flexibility index (Phi) is 6.41. The summed E-state index contributed by atoms with van der Waals surface area (Å²) in [7, 11) is 0. The number of aromatic nitrogens is 1. The van der Waals surface area contributed by atoms with E-state index in [0.29, 0.717) is 6.54 Å². The minimum atomic E-state index is -4.51. The second-order valence-electron chi connectivity index (χ2n) is 4.42. The van der Waals surface area contributed by atoms with Crippen LogP contribution in [0, 0.1) is 0 Å². The zero-order chi connectivity index (χ0) is 15.9. The van der Waals surface area contributed by atoms with Crippen LogP contribution in [0.15, 0.2) is 18.3 Å². The van der Waals surface area contributed by atoms with E-state index in [9.17, 15) is 18.0 Å². The van der Waals surface area contributed by atoms with Crippen molar-refractivity contribution in [1.29, 1.82) is 0 Å². The Balaban J connectivity index is 2.67. The van der Waals surface area contributed by atoms with Gasteiger partial charge in [0.25, 0.3) is 0 Å². The fourth-order valence-corrected chi connectivity index (χ4v) is 1.62. The monoisotopic (exact) mass is 305 g/mol. The van der Waals surface area contributed by atoms with Gasteiger partial charge in [0.1, 0.15) is 5.69 Å². The van der Waals surface area contributed by atoms with Crippen LogP contribution in [0.1, 0.15) is 25.5 Å². The van der Waals surface area contributed by atoms with Gasteiger partial charge in [-0.2, -0.15) is 13.2 Å². The molecule has 0 fully saturated rings. The minimum absolute atomic E-state index is 0.167. The molecule has 0 saturated heterocycles. The molecule has 0 spiro atoms. The summed E-state index contributed by atoms with van der Waals surface area (Å²) < 4.78 is 37.1. The number of amides is 2. The quantitative estimate of drug-likeness (QED) is 0.849. The molecule has 8 heteroatoms. The lowest BCUT2D eigenvalue weighted by atomic mass is 10.3. The normalized spacial score (nSPS) is 11.3. The van der Waals surface area contributed by atoms with E-state index in [1.54, 1.807) is 0 Å². The lowest BCUT2D eigenvalue weighted by Crippen LogP contribution is -2.37. The van der Waals surface area contributed by atoms with Crippen LogP contribution in [0.4, 0.5) is 23.7 Å². The maximum absolute atomic E-state index is 12.4. The molecule has 0 aliphatic carbocycles. The van der Waals surface area contributed by atoms with E-state index in [-0.39, 0.29) is 18.8 Å². The van der Waals surface area contributed by atoms with Crippen LogP contribution in [0.3, 0.4) is 0 Å². The summed E-state index contributed by atoms with van der Waals surface area (Å²) in [6.45, 7) is 2.42. The van der Waals surface area contributed by atoms with E-state index < -0.39 is 17.9 Å².